The highest BCUT2D eigenvalue weighted by atomic mass is 32.2. The van der Waals surface area contributed by atoms with Crippen molar-refractivity contribution in [2.75, 3.05) is 30.3 Å². The first-order chi connectivity index (χ1) is 13.3. The summed E-state index contributed by atoms with van der Waals surface area (Å²) in [6, 6.07) is 13.2. The monoisotopic (exact) mass is 408 g/mol. The molecule has 8 heteroatoms. The van der Waals surface area contributed by atoms with Gasteiger partial charge in [0.15, 0.2) is 0 Å². The lowest BCUT2D eigenvalue weighted by Gasteiger charge is -2.22. The summed E-state index contributed by atoms with van der Waals surface area (Å²) in [6.07, 6.45) is 2.31. The third-order valence-corrected chi connectivity index (χ3v) is 5.15. The molecule has 0 aromatic heterocycles. The van der Waals surface area contributed by atoms with Crippen LogP contribution < -0.4 is 14.4 Å². The third kappa shape index (κ3) is 6.23. The number of anilines is 1. The van der Waals surface area contributed by atoms with Crippen LogP contribution in [0.25, 0.3) is 0 Å². The molecule has 0 radical (unpaired) electrons. The number of nitrogens with one attached hydrogen (secondary N) is 1. The number of benzene rings is 2. The maximum Gasteiger partial charge on any atom is 0.240 e. The Morgan fingerprint density at radius 1 is 1.14 bits per heavy atom. The van der Waals surface area contributed by atoms with Crippen LogP contribution in [-0.2, 0) is 21.2 Å². The number of amides is 1. The summed E-state index contributed by atoms with van der Waals surface area (Å²) in [6.45, 7) is 2.38. The lowest BCUT2D eigenvalue weighted by atomic mass is 10.1. The molecule has 1 N–H and O–H groups in total. The second kappa shape index (κ2) is 10.1. The molecule has 0 aliphatic rings. The fourth-order valence-electron chi connectivity index (χ4n) is 2.73. The van der Waals surface area contributed by atoms with Crippen LogP contribution in [0, 0.1) is 5.82 Å². The SMILES string of the molecule is CCOc1ccccc1CCCNC(=O)CN(c1ccccc1F)S(C)(=O)=O. The molecule has 0 heterocycles. The second-order valence-electron chi connectivity index (χ2n) is 6.22. The first kappa shape index (κ1) is 21.7. The molecule has 0 aliphatic carbocycles. The summed E-state index contributed by atoms with van der Waals surface area (Å²) in [5.41, 5.74) is 0.897. The molecule has 0 aliphatic heterocycles. The van der Waals surface area contributed by atoms with Crippen molar-refractivity contribution in [1.82, 2.24) is 5.32 Å². The van der Waals surface area contributed by atoms with Crippen molar-refractivity contribution in [3.63, 3.8) is 0 Å². The number of ether oxygens (including phenoxy) is 1. The van der Waals surface area contributed by atoms with Crippen LogP contribution in [0.3, 0.4) is 0 Å². The Bertz CT molecular complexity index is 903. The Labute approximate surface area is 165 Å². The van der Waals surface area contributed by atoms with Gasteiger partial charge < -0.3 is 10.1 Å². The van der Waals surface area contributed by atoms with E-state index in [2.05, 4.69) is 5.32 Å². The van der Waals surface area contributed by atoms with Crippen molar-refractivity contribution in [3.05, 3.63) is 59.9 Å². The number of nitrogens with zero attached hydrogens (tertiary/aromatic N) is 1. The molecule has 0 atom stereocenters. The molecule has 0 bridgehead atoms. The number of carbonyl (C=O) groups is 1. The largest absolute Gasteiger partial charge is 0.494 e. The zero-order valence-corrected chi connectivity index (χ0v) is 16.8. The number of hydrogen-bond donors (Lipinski definition) is 1. The van der Waals surface area contributed by atoms with Gasteiger partial charge in [-0.1, -0.05) is 30.3 Å². The number of aryl methyl sites for hydroxylation is 1. The predicted molar refractivity (Wildman–Crippen MR) is 108 cm³/mol. The van der Waals surface area contributed by atoms with E-state index in [1.807, 2.05) is 31.2 Å². The lowest BCUT2D eigenvalue weighted by Crippen LogP contribution is -2.41. The maximum atomic E-state index is 14.0. The van der Waals surface area contributed by atoms with Crippen LogP contribution in [0.5, 0.6) is 5.75 Å². The standard InChI is InChI=1S/C20H25FN2O4S/c1-3-27-19-13-7-4-9-16(19)10-8-14-22-20(24)15-23(28(2,25)26)18-12-6-5-11-17(18)21/h4-7,9,11-13H,3,8,10,14-15H2,1-2H3,(H,22,24). The molecule has 0 saturated heterocycles. The van der Waals surface area contributed by atoms with Gasteiger partial charge in [0.25, 0.3) is 0 Å². The van der Waals surface area contributed by atoms with Crippen molar-refractivity contribution in [2.45, 2.75) is 19.8 Å². The molecule has 152 valence electrons. The molecule has 2 rings (SSSR count). The van der Waals surface area contributed by atoms with Gasteiger partial charge in [-0.2, -0.15) is 0 Å². The molecular weight excluding hydrogens is 383 g/mol. The van der Waals surface area contributed by atoms with Crippen molar-refractivity contribution in [3.8, 4) is 5.75 Å². The molecular formula is C20H25FN2O4S. The number of carbonyl (C=O) groups excluding carboxylic acids is 1. The van der Waals surface area contributed by atoms with Crippen molar-refractivity contribution >= 4 is 21.6 Å². The molecule has 0 saturated carbocycles. The van der Waals surface area contributed by atoms with E-state index in [0.717, 1.165) is 27.9 Å². The normalized spacial score (nSPS) is 11.1. The Morgan fingerprint density at radius 3 is 2.50 bits per heavy atom. The average Bonchev–Trinajstić information content (AvgIpc) is 2.64. The van der Waals surface area contributed by atoms with Gasteiger partial charge in [-0.05, 0) is 43.5 Å². The van der Waals surface area contributed by atoms with E-state index in [9.17, 15) is 17.6 Å². The van der Waals surface area contributed by atoms with E-state index in [-0.39, 0.29) is 5.69 Å². The maximum absolute atomic E-state index is 14.0. The highest BCUT2D eigenvalue weighted by Crippen LogP contribution is 2.21. The zero-order valence-electron chi connectivity index (χ0n) is 16.0. The zero-order chi connectivity index (χ0) is 20.6. The quantitative estimate of drug-likeness (QED) is 0.614. The van der Waals surface area contributed by atoms with Gasteiger partial charge in [0.2, 0.25) is 15.9 Å². The van der Waals surface area contributed by atoms with Crippen LogP contribution in [0.2, 0.25) is 0 Å². The summed E-state index contributed by atoms with van der Waals surface area (Å²) >= 11 is 0. The summed E-state index contributed by atoms with van der Waals surface area (Å²) in [5, 5.41) is 2.69. The number of hydrogen-bond acceptors (Lipinski definition) is 4. The minimum absolute atomic E-state index is 0.147. The molecule has 0 unspecified atom stereocenters. The van der Waals surface area contributed by atoms with E-state index < -0.39 is 28.3 Å². The number of para-hydroxylation sites is 2. The molecule has 2 aromatic rings. The molecule has 0 fully saturated rings. The molecule has 2 aromatic carbocycles. The summed E-state index contributed by atoms with van der Waals surface area (Å²) in [4.78, 5) is 12.2. The smallest absolute Gasteiger partial charge is 0.240 e. The molecule has 28 heavy (non-hydrogen) atoms. The Hall–Kier alpha value is -2.61. The van der Waals surface area contributed by atoms with E-state index in [1.165, 1.54) is 18.2 Å². The van der Waals surface area contributed by atoms with Crippen LogP contribution in [-0.4, -0.2) is 40.3 Å². The van der Waals surface area contributed by atoms with Crippen molar-refractivity contribution in [2.24, 2.45) is 0 Å². The fraction of sp³-hybridized carbons (Fsp3) is 0.350. The first-order valence-electron chi connectivity index (χ1n) is 9.02. The summed E-state index contributed by atoms with van der Waals surface area (Å²) in [5.74, 6) is -0.376. The van der Waals surface area contributed by atoms with E-state index in [4.69, 9.17) is 4.74 Å². The van der Waals surface area contributed by atoms with E-state index >= 15 is 0 Å². The number of rotatable bonds is 10. The van der Waals surface area contributed by atoms with Crippen molar-refractivity contribution in [1.29, 1.82) is 0 Å². The van der Waals surface area contributed by atoms with E-state index in [0.29, 0.717) is 26.0 Å². The molecule has 1 amide bonds. The van der Waals surface area contributed by atoms with Crippen LogP contribution in [0.15, 0.2) is 48.5 Å². The van der Waals surface area contributed by atoms with Gasteiger partial charge in [0, 0.05) is 6.54 Å². The van der Waals surface area contributed by atoms with Gasteiger partial charge in [-0.3, -0.25) is 9.10 Å². The second-order valence-corrected chi connectivity index (χ2v) is 8.12. The van der Waals surface area contributed by atoms with E-state index in [1.54, 1.807) is 0 Å². The number of halogens is 1. The molecule has 6 nitrogen and oxygen atoms in total. The lowest BCUT2D eigenvalue weighted by molar-refractivity contribution is -0.119. The first-order valence-corrected chi connectivity index (χ1v) is 10.9. The fourth-order valence-corrected chi connectivity index (χ4v) is 3.59. The summed E-state index contributed by atoms with van der Waals surface area (Å²) < 4.78 is 44.3. The molecule has 0 spiro atoms. The van der Waals surface area contributed by atoms with Crippen molar-refractivity contribution < 1.29 is 22.3 Å². The average molecular weight is 408 g/mol. The van der Waals surface area contributed by atoms with Crippen LogP contribution >= 0.6 is 0 Å². The van der Waals surface area contributed by atoms with Crippen LogP contribution in [0.4, 0.5) is 10.1 Å². The predicted octanol–water partition coefficient (Wildman–Crippen LogP) is 2.74. The van der Waals surface area contributed by atoms with Gasteiger partial charge in [0.05, 0.1) is 18.6 Å². The Morgan fingerprint density at radius 2 is 1.82 bits per heavy atom. The van der Waals surface area contributed by atoms with Crippen LogP contribution in [0.1, 0.15) is 18.9 Å². The Balaban J connectivity index is 1.91. The highest BCUT2D eigenvalue weighted by molar-refractivity contribution is 7.92. The summed E-state index contributed by atoms with van der Waals surface area (Å²) in [7, 11) is -3.81. The minimum atomic E-state index is -3.81. The van der Waals surface area contributed by atoms with Gasteiger partial charge in [0.1, 0.15) is 18.1 Å². The van der Waals surface area contributed by atoms with Gasteiger partial charge in [-0.25, -0.2) is 12.8 Å². The minimum Gasteiger partial charge on any atom is -0.494 e. The third-order valence-electron chi connectivity index (χ3n) is 4.03. The Kier molecular flexibility index (Phi) is 7.80. The highest BCUT2D eigenvalue weighted by Gasteiger charge is 2.23. The van der Waals surface area contributed by atoms with Gasteiger partial charge >= 0.3 is 0 Å². The van der Waals surface area contributed by atoms with Gasteiger partial charge in [-0.15, -0.1) is 0 Å². The number of sulfonamides is 1. The topological polar surface area (TPSA) is 75.7 Å².